The summed E-state index contributed by atoms with van der Waals surface area (Å²) < 4.78 is 5.72. The zero-order chi connectivity index (χ0) is 19.9. The highest BCUT2D eigenvalue weighted by Crippen LogP contribution is 2.15. The van der Waals surface area contributed by atoms with Gasteiger partial charge >= 0.3 is 12.0 Å². The Morgan fingerprint density at radius 3 is 2.19 bits per heavy atom. The van der Waals surface area contributed by atoms with Crippen molar-refractivity contribution in [1.29, 1.82) is 0 Å². The van der Waals surface area contributed by atoms with E-state index < -0.39 is 23.6 Å². The lowest BCUT2D eigenvalue weighted by Gasteiger charge is -2.23. The molecule has 0 aromatic heterocycles. The van der Waals surface area contributed by atoms with Crippen LogP contribution in [0.5, 0.6) is 5.75 Å². The largest absolute Gasteiger partial charge is 0.489 e. The van der Waals surface area contributed by atoms with Crippen LogP contribution in [-0.4, -0.2) is 28.7 Å². The molecule has 0 bridgehead atoms. The third-order valence-electron chi connectivity index (χ3n) is 3.70. The van der Waals surface area contributed by atoms with E-state index in [0.717, 1.165) is 11.1 Å². The van der Waals surface area contributed by atoms with Gasteiger partial charge < -0.3 is 20.5 Å². The zero-order valence-electron chi connectivity index (χ0n) is 15.9. The summed E-state index contributed by atoms with van der Waals surface area (Å²) in [6.45, 7) is 5.95. The molecule has 0 unspecified atom stereocenters. The van der Waals surface area contributed by atoms with Gasteiger partial charge in [0.15, 0.2) is 0 Å². The van der Waals surface area contributed by atoms with Crippen molar-refractivity contribution in [2.24, 2.45) is 0 Å². The van der Waals surface area contributed by atoms with Gasteiger partial charge in [0.25, 0.3) is 0 Å². The summed E-state index contributed by atoms with van der Waals surface area (Å²) in [7, 11) is 0. The number of benzene rings is 2. The van der Waals surface area contributed by atoms with Crippen LogP contribution >= 0.6 is 0 Å². The quantitative estimate of drug-likeness (QED) is 0.697. The Morgan fingerprint density at radius 1 is 1.00 bits per heavy atom. The van der Waals surface area contributed by atoms with E-state index >= 15 is 0 Å². The number of carbonyl (C=O) groups excluding carboxylic acids is 1. The van der Waals surface area contributed by atoms with Crippen molar-refractivity contribution in [2.45, 2.75) is 45.4 Å². The molecule has 3 N–H and O–H groups in total. The van der Waals surface area contributed by atoms with Crippen molar-refractivity contribution >= 4 is 12.0 Å². The maximum absolute atomic E-state index is 11.9. The SMILES string of the molecule is CC(C)(C)NC(=O)N[C@H](Cc1ccc(OCc2ccccc2)cc1)C(=O)O. The van der Waals surface area contributed by atoms with E-state index in [2.05, 4.69) is 10.6 Å². The van der Waals surface area contributed by atoms with Crippen molar-refractivity contribution < 1.29 is 19.4 Å². The van der Waals surface area contributed by atoms with Crippen molar-refractivity contribution in [3.05, 3.63) is 65.7 Å². The maximum Gasteiger partial charge on any atom is 0.326 e. The average Bonchev–Trinajstić information content (AvgIpc) is 2.60. The predicted octanol–water partition coefficient (Wildman–Crippen LogP) is 3.36. The minimum absolute atomic E-state index is 0.186. The van der Waals surface area contributed by atoms with Crippen LogP contribution in [0.15, 0.2) is 54.6 Å². The van der Waals surface area contributed by atoms with E-state index in [0.29, 0.717) is 12.4 Å². The molecule has 0 aliphatic carbocycles. The van der Waals surface area contributed by atoms with Crippen LogP contribution in [0, 0.1) is 0 Å². The molecular formula is C21H26N2O4. The van der Waals surface area contributed by atoms with Gasteiger partial charge in [-0.15, -0.1) is 0 Å². The number of rotatable bonds is 7. The highest BCUT2D eigenvalue weighted by molar-refractivity contribution is 5.83. The summed E-state index contributed by atoms with van der Waals surface area (Å²) in [5.74, 6) is -0.378. The second kappa shape index (κ2) is 9.07. The highest BCUT2D eigenvalue weighted by Gasteiger charge is 2.22. The van der Waals surface area contributed by atoms with E-state index in [4.69, 9.17) is 4.74 Å². The Bertz CT molecular complexity index is 752. The molecule has 144 valence electrons. The standard InChI is InChI=1S/C21H26N2O4/c1-21(2,3)23-20(26)22-18(19(24)25)13-15-9-11-17(12-10-15)27-14-16-7-5-4-6-8-16/h4-12,18H,13-14H2,1-3H3,(H,24,25)(H2,22,23,26)/t18-/m1/s1. The normalized spacial score (nSPS) is 12.1. The predicted molar refractivity (Wildman–Crippen MR) is 104 cm³/mol. The number of ether oxygens (including phenoxy) is 1. The minimum Gasteiger partial charge on any atom is -0.489 e. The first-order chi connectivity index (χ1) is 12.7. The minimum atomic E-state index is -1.08. The molecule has 2 amide bonds. The van der Waals surface area contributed by atoms with E-state index in [1.165, 1.54) is 0 Å². The fourth-order valence-corrected chi connectivity index (χ4v) is 2.43. The van der Waals surface area contributed by atoms with Crippen molar-refractivity contribution in [1.82, 2.24) is 10.6 Å². The molecule has 0 saturated heterocycles. The molecule has 0 saturated carbocycles. The Kier molecular flexibility index (Phi) is 6.82. The van der Waals surface area contributed by atoms with Gasteiger partial charge in [0.2, 0.25) is 0 Å². The summed E-state index contributed by atoms with van der Waals surface area (Å²) in [5.41, 5.74) is 1.43. The number of urea groups is 1. The van der Waals surface area contributed by atoms with Crippen molar-refractivity contribution in [3.8, 4) is 5.75 Å². The number of carboxylic acids is 1. The van der Waals surface area contributed by atoms with Crippen LogP contribution in [0.3, 0.4) is 0 Å². The molecule has 0 fully saturated rings. The second-order valence-corrected chi connectivity index (χ2v) is 7.36. The maximum atomic E-state index is 11.9. The summed E-state index contributed by atoms with van der Waals surface area (Å²) >= 11 is 0. The highest BCUT2D eigenvalue weighted by atomic mass is 16.5. The van der Waals surface area contributed by atoms with Crippen LogP contribution in [-0.2, 0) is 17.8 Å². The average molecular weight is 370 g/mol. The number of nitrogens with one attached hydrogen (secondary N) is 2. The van der Waals surface area contributed by atoms with Gasteiger partial charge in [-0.1, -0.05) is 42.5 Å². The van der Waals surface area contributed by atoms with E-state index in [1.54, 1.807) is 24.3 Å². The van der Waals surface area contributed by atoms with Gasteiger partial charge in [-0.05, 0) is 44.0 Å². The van der Waals surface area contributed by atoms with Gasteiger partial charge in [0.1, 0.15) is 18.4 Å². The van der Waals surface area contributed by atoms with E-state index in [9.17, 15) is 14.7 Å². The summed E-state index contributed by atoms with van der Waals surface area (Å²) in [6.07, 6.45) is 0.186. The molecule has 2 rings (SSSR count). The molecule has 0 heterocycles. The number of hydrogen-bond donors (Lipinski definition) is 3. The van der Waals surface area contributed by atoms with Crippen LogP contribution < -0.4 is 15.4 Å². The fraction of sp³-hybridized carbons (Fsp3) is 0.333. The molecule has 6 heteroatoms. The number of carboxylic acid groups (broad SMARTS) is 1. The summed E-state index contributed by atoms with van der Waals surface area (Å²) in [4.78, 5) is 23.4. The number of aliphatic carboxylic acids is 1. The Balaban J connectivity index is 1.92. The van der Waals surface area contributed by atoms with Crippen LogP contribution in [0.4, 0.5) is 4.79 Å². The molecule has 0 spiro atoms. The first kappa shape index (κ1) is 20.3. The van der Waals surface area contributed by atoms with E-state index in [-0.39, 0.29) is 6.42 Å². The van der Waals surface area contributed by atoms with Gasteiger partial charge in [-0.3, -0.25) is 0 Å². The number of amides is 2. The Morgan fingerprint density at radius 2 is 1.63 bits per heavy atom. The smallest absolute Gasteiger partial charge is 0.326 e. The third-order valence-corrected chi connectivity index (χ3v) is 3.70. The molecule has 27 heavy (non-hydrogen) atoms. The van der Waals surface area contributed by atoms with Gasteiger partial charge in [-0.25, -0.2) is 9.59 Å². The van der Waals surface area contributed by atoms with Crippen LogP contribution in [0.25, 0.3) is 0 Å². The molecule has 0 radical (unpaired) electrons. The molecule has 0 aliphatic rings. The van der Waals surface area contributed by atoms with Crippen LogP contribution in [0.2, 0.25) is 0 Å². The molecule has 1 atom stereocenters. The fourth-order valence-electron chi connectivity index (χ4n) is 2.43. The molecular weight excluding hydrogens is 344 g/mol. The van der Waals surface area contributed by atoms with Crippen molar-refractivity contribution in [2.75, 3.05) is 0 Å². The Hall–Kier alpha value is -3.02. The lowest BCUT2D eigenvalue weighted by Crippen LogP contribution is -2.52. The van der Waals surface area contributed by atoms with Gasteiger partial charge in [-0.2, -0.15) is 0 Å². The van der Waals surface area contributed by atoms with E-state index in [1.807, 2.05) is 51.1 Å². The molecule has 2 aromatic rings. The van der Waals surface area contributed by atoms with Gasteiger partial charge in [0, 0.05) is 12.0 Å². The second-order valence-electron chi connectivity index (χ2n) is 7.36. The number of hydrogen-bond acceptors (Lipinski definition) is 3. The lowest BCUT2D eigenvalue weighted by atomic mass is 10.1. The summed E-state index contributed by atoms with van der Waals surface area (Å²) in [6, 6.07) is 15.5. The summed E-state index contributed by atoms with van der Waals surface area (Å²) in [5, 5.41) is 14.6. The molecule has 2 aromatic carbocycles. The third kappa shape index (κ3) is 7.40. The lowest BCUT2D eigenvalue weighted by molar-refractivity contribution is -0.139. The molecule has 0 aliphatic heterocycles. The molecule has 6 nitrogen and oxygen atoms in total. The first-order valence-electron chi connectivity index (χ1n) is 8.80. The van der Waals surface area contributed by atoms with Crippen molar-refractivity contribution in [3.63, 3.8) is 0 Å². The topological polar surface area (TPSA) is 87.7 Å². The monoisotopic (exact) mass is 370 g/mol. The Labute approximate surface area is 159 Å². The first-order valence-corrected chi connectivity index (χ1v) is 8.80. The number of carbonyl (C=O) groups is 2. The van der Waals surface area contributed by atoms with Crippen LogP contribution in [0.1, 0.15) is 31.9 Å². The zero-order valence-corrected chi connectivity index (χ0v) is 15.9. The van der Waals surface area contributed by atoms with Gasteiger partial charge in [0.05, 0.1) is 0 Å².